The van der Waals surface area contributed by atoms with Crippen LogP contribution in [0.1, 0.15) is 6.42 Å². The van der Waals surface area contributed by atoms with Crippen LogP contribution in [0.3, 0.4) is 0 Å². The highest BCUT2D eigenvalue weighted by Crippen LogP contribution is 2.45. The highest BCUT2D eigenvalue weighted by Gasteiger charge is 2.39. The van der Waals surface area contributed by atoms with Crippen molar-refractivity contribution in [2.45, 2.75) is 12.5 Å². The molecule has 1 atom stereocenters. The van der Waals surface area contributed by atoms with Crippen molar-refractivity contribution in [3.8, 4) is 22.6 Å². The van der Waals surface area contributed by atoms with E-state index in [2.05, 4.69) is 6.58 Å². The number of likely N-dealkylation sites (tertiary alicyclic amines) is 1. The van der Waals surface area contributed by atoms with Crippen molar-refractivity contribution in [2.24, 2.45) is 5.92 Å². The Bertz CT molecular complexity index is 1380. The lowest BCUT2D eigenvalue weighted by Gasteiger charge is -2.43. The molecular weight excluding hydrogens is 490 g/mol. The van der Waals surface area contributed by atoms with Gasteiger partial charge in [0.05, 0.1) is 10.7 Å². The Balaban J connectivity index is 1.53. The fourth-order valence-corrected chi connectivity index (χ4v) is 5.33. The molecule has 2 aliphatic heterocycles. The highest BCUT2D eigenvalue weighted by atomic mass is 35.5. The van der Waals surface area contributed by atoms with Crippen molar-refractivity contribution >= 4 is 39.9 Å². The normalized spacial score (nSPS) is 17.5. The molecule has 0 aliphatic carbocycles. The van der Waals surface area contributed by atoms with Gasteiger partial charge in [0.25, 0.3) is 5.91 Å². The molecule has 8 heteroatoms. The van der Waals surface area contributed by atoms with Gasteiger partial charge in [0.2, 0.25) is 5.91 Å². The van der Waals surface area contributed by atoms with Crippen molar-refractivity contribution < 1.29 is 19.4 Å². The summed E-state index contributed by atoms with van der Waals surface area (Å²) in [6.07, 6.45) is 1.23. The number of carbonyl (C=O) groups excluding carboxylic acids is 2. The maximum Gasteiger partial charge on any atom is 0.268 e. The zero-order chi connectivity index (χ0) is 26.3. The third kappa shape index (κ3) is 4.89. The van der Waals surface area contributed by atoms with Gasteiger partial charge in [-0.2, -0.15) is 0 Å². The van der Waals surface area contributed by atoms with Crippen molar-refractivity contribution in [1.29, 1.82) is 0 Å². The number of phenolic OH excluding ortho intramolecular Hbond substituents is 1. The zero-order valence-corrected chi connectivity index (χ0v) is 21.7. The van der Waals surface area contributed by atoms with Gasteiger partial charge >= 0.3 is 0 Å². The fourth-order valence-electron chi connectivity index (χ4n) is 5.07. The molecule has 3 aromatic carbocycles. The Morgan fingerprint density at radius 1 is 1.19 bits per heavy atom. The number of phenols is 1. The minimum atomic E-state index is -0.629. The molecule has 0 unspecified atom stereocenters. The number of halogens is 1. The van der Waals surface area contributed by atoms with Crippen LogP contribution in [0.4, 0.5) is 5.69 Å². The van der Waals surface area contributed by atoms with Gasteiger partial charge in [-0.1, -0.05) is 42.4 Å². The van der Waals surface area contributed by atoms with E-state index in [-0.39, 0.29) is 23.5 Å². The molecule has 2 heterocycles. The summed E-state index contributed by atoms with van der Waals surface area (Å²) >= 11 is 6.82. The smallest absolute Gasteiger partial charge is 0.268 e. The maximum atomic E-state index is 13.5. The van der Waals surface area contributed by atoms with Crippen LogP contribution in [0, 0.1) is 5.92 Å². The Kier molecular flexibility index (Phi) is 6.84. The Morgan fingerprint density at radius 3 is 2.68 bits per heavy atom. The molecular formula is C29H30ClN3O4. The van der Waals surface area contributed by atoms with Crippen LogP contribution in [0.5, 0.6) is 11.5 Å². The van der Waals surface area contributed by atoms with E-state index in [0.717, 1.165) is 21.9 Å². The first kappa shape index (κ1) is 25.1. The zero-order valence-electron chi connectivity index (χ0n) is 21.0. The summed E-state index contributed by atoms with van der Waals surface area (Å²) in [7, 11) is 3.92. The predicted octanol–water partition coefficient (Wildman–Crippen LogP) is 4.56. The molecule has 0 spiro atoms. The molecule has 0 aromatic heterocycles. The fraction of sp³-hybridized carbons (Fsp3) is 0.310. The van der Waals surface area contributed by atoms with Crippen LogP contribution < -0.4 is 9.64 Å². The van der Waals surface area contributed by atoms with Crippen LogP contribution in [0.15, 0.2) is 61.2 Å². The molecule has 192 valence electrons. The molecule has 1 fully saturated rings. The number of aromatic hydroxyl groups is 1. The van der Waals surface area contributed by atoms with E-state index >= 15 is 0 Å². The van der Waals surface area contributed by atoms with Crippen LogP contribution in [0.25, 0.3) is 21.9 Å². The molecule has 0 saturated carbocycles. The second kappa shape index (κ2) is 10.1. The third-order valence-electron chi connectivity index (χ3n) is 7.01. The number of hydrogen-bond donors (Lipinski definition) is 1. The average Bonchev–Trinajstić information content (AvgIpc) is 2.84. The summed E-state index contributed by atoms with van der Waals surface area (Å²) in [6, 6.07) is 14.9. The van der Waals surface area contributed by atoms with Gasteiger partial charge in [-0.3, -0.25) is 9.59 Å². The van der Waals surface area contributed by atoms with Gasteiger partial charge in [0.15, 0.2) is 6.10 Å². The van der Waals surface area contributed by atoms with Gasteiger partial charge in [0, 0.05) is 44.1 Å². The van der Waals surface area contributed by atoms with Gasteiger partial charge in [-0.25, -0.2) is 0 Å². The van der Waals surface area contributed by atoms with Crippen molar-refractivity contribution in [2.75, 3.05) is 45.2 Å². The van der Waals surface area contributed by atoms with E-state index in [1.165, 1.54) is 6.08 Å². The Morgan fingerprint density at radius 2 is 1.95 bits per heavy atom. The molecule has 1 N–H and O–H groups in total. The van der Waals surface area contributed by atoms with E-state index in [1.807, 2.05) is 49.3 Å². The quantitative estimate of drug-likeness (QED) is 0.463. The van der Waals surface area contributed by atoms with E-state index in [0.29, 0.717) is 49.1 Å². The van der Waals surface area contributed by atoms with E-state index in [4.69, 9.17) is 16.3 Å². The minimum Gasteiger partial charge on any atom is -0.508 e. The standard InChI is InChI=1S/C29H30ClN3O4/c1-4-28(35)32-15-18(16-32)17-33-25-14-24(30)23(13-27(25)37-26(29(33)36)9-10-31(2)3)22-12-20(34)11-19-7-5-6-8-21(19)22/h4-8,11-14,18,26,34H,1,9-10,15-17H2,2-3H3/t26-/m0/s1. The van der Waals surface area contributed by atoms with Crippen molar-refractivity contribution in [1.82, 2.24) is 9.80 Å². The highest BCUT2D eigenvalue weighted by molar-refractivity contribution is 6.34. The van der Waals surface area contributed by atoms with Crippen LogP contribution >= 0.6 is 11.6 Å². The number of rotatable bonds is 7. The number of hydrogen-bond acceptors (Lipinski definition) is 5. The molecule has 2 aliphatic rings. The molecule has 2 amide bonds. The van der Waals surface area contributed by atoms with E-state index in [1.54, 1.807) is 28.0 Å². The number of amides is 2. The Hall–Kier alpha value is -3.55. The van der Waals surface area contributed by atoms with Gasteiger partial charge in [-0.05, 0) is 60.8 Å². The molecule has 0 bridgehead atoms. The number of anilines is 1. The summed E-state index contributed by atoms with van der Waals surface area (Å²) in [5.74, 6) is 0.678. The molecule has 3 aromatic rings. The predicted molar refractivity (Wildman–Crippen MR) is 146 cm³/mol. The number of fused-ring (bicyclic) bond motifs is 2. The number of carbonyl (C=O) groups is 2. The molecule has 37 heavy (non-hydrogen) atoms. The van der Waals surface area contributed by atoms with E-state index in [9.17, 15) is 14.7 Å². The monoisotopic (exact) mass is 519 g/mol. The first-order valence-corrected chi connectivity index (χ1v) is 12.7. The average molecular weight is 520 g/mol. The minimum absolute atomic E-state index is 0.0974. The van der Waals surface area contributed by atoms with Crippen LogP contribution in [-0.4, -0.2) is 73.1 Å². The second-order valence-electron chi connectivity index (χ2n) is 9.97. The summed E-state index contributed by atoms with van der Waals surface area (Å²) in [5.41, 5.74) is 2.13. The number of benzene rings is 3. The summed E-state index contributed by atoms with van der Waals surface area (Å²) in [6.45, 7) is 5.87. The lowest BCUT2D eigenvalue weighted by molar-refractivity contribution is -0.132. The van der Waals surface area contributed by atoms with Crippen LogP contribution in [0.2, 0.25) is 5.02 Å². The Labute approximate surface area is 221 Å². The number of ether oxygens (including phenoxy) is 1. The maximum absolute atomic E-state index is 13.5. The van der Waals surface area contributed by atoms with Gasteiger partial charge in [-0.15, -0.1) is 0 Å². The van der Waals surface area contributed by atoms with Gasteiger partial charge < -0.3 is 24.5 Å². The van der Waals surface area contributed by atoms with E-state index < -0.39 is 6.10 Å². The molecule has 0 radical (unpaired) electrons. The third-order valence-corrected chi connectivity index (χ3v) is 7.32. The molecule has 5 rings (SSSR count). The lowest BCUT2D eigenvalue weighted by Crippen LogP contribution is -2.56. The summed E-state index contributed by atoms with van der Waals surface area (Å²) < 4.78 is 6.28. The summed E-state index contributed by atoms with van der Waals surface area (Å²) in [4.78, 5) is 30.9. The SMILES string of the molecule is C=CC(=O)N1CC(CN2C(=O)[C@H](CCN(C)C)Oc3cc(-c4cc(O)cc5ccccc45)c(Cl)cc32)C1. The first-order chi connectivity index (χ1) is 17.7. The van der Waals surface area contributed by atoms with Gasteiger partial charge in [0.1, 0.15) is 11.5 Å². The van der Waals surface area contributed by atoms with Crippen molar-refractivity contribution in [3.63, 3.8) is 0 Å². The topological polar surface area (TPSA) is 73.3 Å². The lowest BCUT2D eigenvalue weighted by atomic mass is 9.95. The molecule has 7 nitrogen and oxygen atoms in total. The van der Waals surface area contributed by atoms with Crippen molar-refractivity contribution in [3.05, 3.63) is 66.2 Å². The second-order valence-corrected chi connectivity index (χ2v) is 10.4. The number of nitrogens with zero attached hydrogens (tertiary/aromatic N) is 3. The largest absolute Gasteiger partial charge is 0.508 e. The van der Waals surface area contributed by atoms with Crippen LogP contribution in [-0.2, 0) is 9.59 Å². The molecule has 1 saturated heterocycles. The first-order valence-electron chi connectivity index (χ1n) is 12.3. The summed E-state index contributed by atoms with van der Waals surface area (Å²) in [5, 5.41) is 12.7.